The Balaban J connectivity index is 1.03. The number of ether oxygens (including phenoxy) is 1. The molecule has 3 aliphatic heterocycles. The fourth-order valence-corrected chi connectivity index (χ4v) is 7.59. The highest BCUT2D eigenvalue weighted by molar-refractivity contribution is 7.92. The van der Waals surface area contributed by atoms with E-state index in [4.69, 9.17) is 4.74 Å². The van der Waals surface area contributed by atoms with Gasteiger partial charge in [0.05, 0.1) is 29.7 Å². The molecular weight excluding hydrogens is 592 g/mol. The molecule has 2 saturated heterocycles. The van der Waals surface area contributed by atoms with Gasteiger partial charge in [0.25, 0.3) is 0 Å². The molecule has 2 N–H and O–H groups in total. The predicted molar refractivity (Wildman–Crippen MR) is 174 cm³/mol. The van der Waals surface area contributed by atoms with Crippen LogP contribution in [0.25, 0.3) is 22.3 Å². The SMILES string of the molecule is CC(C)(C(=O)Nc1ccc(-c2cc3c(N4CCOCC4)ncnc3[nH]2)cc1)c1cc(N2CCC(N3CC=CS3(=O)=O)C2)ccn1. The summed E-state index contributed by atoms with van der Waals surface area (Å²) in [5.74, 6) is 0.723. The van der Waals surface area contributed by atoms with Crippen LogP contribution in [0.1, 0.15) is 26.0 Å². The Hall–Kier alpha value is -4.33. The van der Waals surface area contributed by atoms with E-state index < -0.39 is 15.4 Å². The fraction of sp³-hybridized carbons (Fsp3) is 0.375. The maximum absolute atomic E-state index is 13.5. The van der Waals surface area contributed by atoms with Crippen LogP contribution >= 0.6 is 0 Å². The van der Waals surface area contributed by atoms with E-state index in [9.17, 15) is 13.2 Å². The van der Waals surface area contributed by atoms with Crippen LogP contribution in [0, 0.1) is 0 Å². The number of nitrogens with zero attached hydrogens (tertiary/aromatic N) is 6. The van der Waals surface area contributed by atoms with Crippen molar-refractivity contribution >= 4 is 44.2 Å². The van der Waals surface area contributed by atoms with Crippen LogP contribution in [0.4, 0.5) is 17.2 Å². The van der Waals surface area contributed by atoms with E-state index in [2.05, 4.69) is 41.1 Å². The quantitative estimate of drug-likeness (QED) is 0.315. The van der Waals surface area contributed by atoms with Crippen LogP contribution in [0.15, 0.2) is 66.5 Å². The largest absolute Gasteiger partial charge is 0.378 e. The first-order valence-corrected chi connectivity index (χ1v) is 16.7. The van der Waals surface area contributed by atoms with Crippen molar-refractivity contribution < 1.29 is 17.9 Å². The van der Waals surface area contributed by atoms with Crippen molar-refractivity contribution in [2.45, 2.75) is 31.7 Å². The molecule has 2 fully saturated rings. The Labute approximate surface area is 262 Å². The van der Waals surface area contributed by atoms with E-state index in [1.54, 1.807) is 22.9 Å². The number of pyridine rings is 1. The lowest BCUT2D eigenvalue weighted by atomic mass is 9.87. The first-order chi connectivity index (χ1) is 21.7. The molecule has 4 aromatic rings. The number of amides is 1. The van der Waals surface area contributed by atoms with Gasteiger partial charge in [0.2, 0.25) is 15.9 Å². The highest BCUT2D eigenvalue weighted by Crippen LogP contribution is 2.32. The number of aromatic nitrogens is 4. The van der Waals surface area contributed by atoms with Gasteiger partial charge < -0.3 is 24.8 Å². The van der Waals surface area contributed by atoms with E-state index >= 15 is 0 Å². The second-order valence-corrected chi connectivity index (χ2v) is 13.9. The summed E-state index contributed by atoms with van der Waals surface area (Å²) < 4.78 is 31.8. The van der Waals surface area contributed by atoms with Gasteiger partial charge in [-0.2, -0.15) is 4.31 Å². The zero-order valence-corrected chi connectivity index (χ0v) is 26.1. The third kappa shape index (κ3) is 5.67. The molecule has 1 unspecified atom stereocenters. The minimum atomic E-state index is -3.33. The molecule has 3 aliphatic rings. The second kappa shape index (κ2) is 11.5. The molecule has 234 valence electrons. The lowest BCUT2D eigenvalue weighted by Gasteiger charge is -2.27. The molecule has 0 bridgehead atoms. The van der Waals surface area contributed by atoms with E-state index in [1.807, 2.05) is 50.2 Å². The van der Waals surface area contributed by atoms with Crippen molar-refractivity contribution in [1.82, 2.24) is 24.2 Å². The number of anilines is 3. The summed E-state index contributed by atoms with van der Waals surface area (Å²) in [5, 5.41) is 5.31. The molecular formula is C32H36N8O4S. The van der Waals surface area contributed by atoms with Gasteiger partial charge >= 0.3 is 0 Å². The Bertz CT molecular complexity index is 1870. The zero-order valence-electron chi connectivity index (χ0n) is 25.3. The van der Waals surface area contributed by atoms with Gasteiger partial charge in [0.15, 0.2) is 0 Å². The number of H-pyrrole nitrogens is 1. The predicted octanol–water partition coefficient (Wildman–Crippen LogP) is 3.51. The van der Waals surface area contributed by atoms with Gasteiger partial charge in [-0.15, -0.1) is 0 Å². The first kappa shape index (κ1) is 29.4. The molecule has 7 rings (SSSR count). The number of fused-ring (bicyclic) bond motifs is 1. The first-order valence-electron chi connectivity index (χ1n) is 15.2. The average Bonchev–Trinajstić information content (AvgIpc) is 3.80. The Kier molecular flexibility index (Phi) is 7.54. The number of morpholine rings is 1. The lowest BCUT2D eigenvalue weighted by Crippen LogP contribution is -2.38. The molecule has 1 atom stereocenters. The molecule has 1 aromatic carbocycles. The molecule has 0 saturated carbocycles. The number of carbonyl (C=O) groups excluding carboxylic acids is 1. The zero-order chi connectivity index (χ0) is 31.2. The summed E-state index contributed by atoms with van der Waals surface area (Å²) in [6, 6.07) is 13.5. The molecule has 12 nitrogen and oxygen atoms in total. The summed E-state index contributed by atoms with van der Waals surface area (Å²) in [4.78, 5) is 34.9. The minimum absolute atomic E-state index is 0.0787. The number of aromatic amines is 1. The smallest absolute Gasteiger partial charge is 0.236 e. The molecule has 0 radical (unpaired) electrons. The minimum Gasteiger partial charge on any atom is -0.378 e. The second-order valence-electron chi connectivity index (χ2n) is 12.2. The molecule has 45 heavy (non-hydrogen) atoms. The summed E-state index contributed by atoms with van der Waals surface area (Å²) in [5.41, 5.74) is 4.00. The van der Waals surface area contributed by atoms with Crippen molar-refractivity contribution in [2.75, 3.05) is 61.1 Å². The molecule has 3 aromatic heterocycles. The molecule has 13 heteroatoms. The fourth-order valence-electron chi connectivity index (χ4n) is 6.22. The monoisotopic (exact) mass is 628 g/mol. The molecule has 0 aliphatic carbocycles. The highest BCUT2D eigenvalue weighted by atomic mass is 32.2. The van der Waals surface area contributed by atoms with E-state index in [0.717, 1.165) is 59.9 Å². The number of sulfonamides is 1. The number of hydrogen-bond donors (Lipinski definition) is 2. The van der Waals surface area contributed by atoms with Crippen LogP contribution < -0.4 is 15.1 Å². The normalized spacial score (nSPS) is 20.3. The Morgan fingerprint density at radius 2 is 1.82 bits per heavy atom. The summed E-state index contributed by atoms with van der Waals surface area (Å²) >= 11 is 0. The van der Waals surface area contributed by atoms with E-state index in [-0.39, 0.29) is 11.9 Å². The summed E-state index contributed by atoms with van der Waals surface area (Å²) in [6.07, 6.45) is 5.74. The maximum Gasteiger partial charge on any atom is 0.236 e. The van der Waals surface area contributed by atoms with Crippen molar-refractivity contribution in [3.63, 3.8) is 0 Å². The summed E-state index contributed by atoms with van der Waals surface area (Å²) in [6.45, 7) is 8.40. The Morgan fingerprint density at radius 1 is 1.02 bits per heavy atom. The van der Waals surface area contributed by atoms with Gasteiger partial charge in [0, 0.05) is 67.4 Å². The van der Waals surface area contributed by atoms with Crippen LogP contribution in [-0.2, 0) is 25.0 Å². The summed E-state index contributed by atoms with van der Waals surface area (Å²) in [7, 11) is -3.33. The number of hydrogen-bond acceptors (Lipinski definition) is 9. The van der Waals surface area contributed by atoms with Crippen molar-refractivity contribution in [3.8, 4) is 11.3 Å². The molecule has 1 amide bonds. The van der Waals surface area contributed by atoms with Gasteiger partial charge in [-0.1, -0.05) is 18.2 Å². The third-order valence-electron chi connectivity index (χ3n) is 8.94. The van der Waals surface area contributed by atoms with E-state index in [1.165, 1.54) is 5.41 Å². The van der Waals surface area contributed by atoms with Crippen LogP contribution in [-0.4, -0.2) is 90.5 Å². The van der Waals surface area contributed by atoms with Crippen molar-refractivity contribution in [3.05, 3.63) is 72.2 Å². The van der Waals surface area contributed by atoms with Crippen molar-refractivity contribution in [1.29, 1.82) is 0 Å². The Morgan fingerprint density at radius 3 is 2.58 bits per heavy atom. The maximum atomic E-state index is 13.5. The average molecular weight is 629 g/mol. The van der Waals surface area contributed by atoms with Gasteiger partial charge in [-0.05, 0) is 56.2 Å². The highest BCUT2D eigenvalue weighted by Gasteiger charge is 2.37. The van der Waals surface area contributed by atoms with Gasteiger partial charge in [-0.25, -0.2) is 18.4 Å². The molecule has 0 spiro atoms. The van der Waals surface area contributed by atoms with Crippen LogP contribution in [0.5, 0.6) is 0 Å². The molecule has 6 heterocycles. The number of nitrogens with one attached hydrogen (secondary N) is 2. The van der Waals surface area contributed by atoms with Crippen LogP contribution in [0.3, 0.4) is 0 Å². The van der Waals surface area contributed by atoms with Gasteiger partial charge in [-0.3, -0.25) is 9.78 Å². The van der Waals surface area contributed by atoms with E-state index in [0.29, 0.717) is 37.7 Å². The van der Waals surface area contributed by atoms with Crippen LogP contribution in [0.2, 0.25) is 0 Å². The third-order valence-corrected chi connectivity index (χ3v) is 10.6. The number of benzene rings is 1. The number of carbonyl (C=O) groups is 1. The standard InChI is InChI=1S/C32H36N8O4S/c1-32(2,28-18-24(8-10-33-28)39-12-9-25(20-39)40-11-3-17-45(40,42)43)31(41)36-23-6-4-22(5-7-23)27-19-26-29(37-27)34-21-35-30(26)38-13-15-44-16-14-38/h3-8,10,17-19,21,25H,9,11-16,20H2,1-2H3,(H,36,41)(H,34,35,37). The van der Waals surface area contributed by atoms with Crippen molar-refractivity contribution in [2.24, 2.45) is 0 Å². The lowest BCUT2D eigenvalue weighted by molar-refractivity contribution is -0.120. The van der Waals surface area contributed by atoms with Gasteiger partial charge in [0.1, 0.15) is 17.8 Å². The topological polar surface area (TPSA) is 137 Å². The number of rotatable bonds is 7.